The average Bonchev–Trinajstić information content (AvgIpc) is 3.05. The fraction of sp³-hybridized carbons (Fsp3) is 0.208. The molecule has 0 aliphatic carbocycles. The number of hydrogen-bond acceptors (Lipinski definition) is 4. The number of halogens is 2. The van der Waals surface area contributed by atoms with Crippen LogP contribution in [0.1, 0.15) is 27.1 Å². The van der Waals surface area contributed by atoms with Gasteiger partial charge < -0.3 is 20.3 Å². The van der Waals surface area contributed by atoms with Gasteiger partial charge in [-0.1, -0.05) is 53.5 Å². The summed E-state index contributed by atoms with van der Waals surface area (Å²) < 4.78 is 5.57. The van der Waals surface area contributed by atoms with Gasteiger partial charge in [-0.25, -0.2) is 4.79 Å². The number of fused-ring (bicyclic) bond motifs is 1. The molecule has 33 heavy (non-hydrogen) atoms. The molecule has 3 aromatic rings. The summed E-state index contributed by atoms with van der Waals surface area (Å²) in [5, 5.41) is 2.16. The first kappa shape index (κ1) is 22.9. The van der Waals surface area contributed by atoms with Gasteiger partial charge in [-0.15, -0.1) is 0 Å². The molecule has 0 bridgehead atoms. The van der Waals surface area contributed by atoms with Crippen LogP contribution in [0.3, 0.4) is 0 Å². The molecule has 0 unspecified atom stereocenters. The third-order valence-electron chi connectivity index (χ3n) is 5.54. The van der Waals surface area contributed by atoms with E-state index in [-0.39, 0.29) is 28.8 Å². The van der Waals surface area contributed by atoms with Crippen LogP contribution in [-0.4, -0.2) is 53.9 Å². The van der Waals surface area contributed by atoms with Crippen LogP contribution in [0.5, 0.6) is 5.75 Å². The van der Waals surface area contributed by atoms with Crippen molar-refractivity contribution in [2.24, 2.45) is 5.73 Å². The smallest absolute Gasteiger partial charge is 0.409 e. The zero-order valence-electron chi connectivity index (χ0n) is 17.6. The van der Waals surface area contributed by atoms with Gasteiger partial charge in [0.05, 0.1) is 16.1 Å². The Morgan fingerprint density at radius 3 is 2.36 bits per heavy atom. The first-order chi connectivity index (χ1) is 15.8. The molecule has 2 N–H and O–H groups in total. The van der Waals surface area contributed by atoms with Crippen LogP contribution in [0.2, 0.25) is 10.0 Å². The Hall–Kier alpha value is -3.29. The zero-order valence-corrected chi connectivity index (χ0v) is 19.1. The lowest BCUT2D eigenvalue weighted by Crippen LogP contribution is -2.38. The summed E-state index contributed by atoms with van der Waals surface area (Å²) in [6.45, 7) is 1.45. The first-order valence-electron chi connectivity index (χ1n) is 10.4. The first-order valence-corrected chi connectivity index (χ1v) is 11.1. The number of nitrogens with two attached hydrogens (primary N) is 1. The van der Waals surface area contributed by atoms with Crippen LogP contribution in [0, 0.1) is 0 Å². The van der Waals surface area contributed by atoms with E-state index in [2.05, 4.69) is 0 Å². The van der Waals surface area contributed by atoms with Crippen molar-refractivity contribution in [3.63, 3.8) is 0 Å². The van der Waals surface area contributed by atoms with Crippen molar-refractivity contribution in [3.05, 3.63) is 75.8 Å². The number of ether oxygens (including phenoxy) is 1. The van der Waals surface area contributed by atoms with Crippen LogP contribution in [0.15, 0.2) is 54.6 Å². The minimum absolute atomic E-state index is 0.108. The lowest BCUT2D eigenvalue weighted by atomic mass is 10.0. The molecule has 3 amide bonds. The van der Waals surface area contributed by atoms with Crippen molar-refractivity contribution in [1.29, 1.82) is 0 Å². The van der Waals surface area contributed by atoms with Crippen molar-refractivity contribution in [2.45, 2.75) is 6.42 Å². The van der Waals surface area contributed by atoms with Crippen molar-refractivity contribution >= 4 is 51.9 Å². The molecule has 0 aromatic heterocycles. The van der Waals surface area contributed by atoms with E-state index in [1.165, 1.54) is 11.0 Å². The van der Waals surface area contributed by atoms with Gasteiger partial charge in [-0.2, -0.15) is 0 Å². The maximum Gasteiger partial charge on any atom is 0.415 e. The van der Waals surface area contributed by atoms with E-state index in [0.29, 0.717) is 42.0 Å². The molecule has 3 aromatic carbocycles. The Labute approximate surface area is 200 Å². The molecular weight excluding hydrogens is 465 g/mol. The number of amides is 3. The second-order valence-electron chi connectivity index (χ2n) is 7.65. The van der Waals surface area contributed by atoms with Crippen molar-refractivity contribution < 1.29 is 19.1 Å². The summed E-state index contributed by atoms with van der Waals surface area (Å²) >= 11 is 12.1. The van der Waals surface area contributed by atoms with E-state index in [4.69, 9.17) is 33.7 Å². The number of rotatable bonds is 3. The van der Waals surface area contributed by atoms with Crippen molar-refractivity contribution in [2.75, 3.05) is 26.2 Å². The maximum atomic E-state index is 12.9. The normalized spacial score (nSPS) is 14.1. The van der Waals surface area contributed by atoms with E-state index in [0.717, 1.165) is 5.39 Å². The van der Waals surface area contributed by atoms with E-state index >= 15 is 0 Å². The minimum atomic E-state index is -0.679. The Morgan fingerprint density at radius 1 is 0.879 bits per heavy atom. The average molecular weight is 486 g/mol. The molecule has 170 valence electrons. The van der Waals surface area contributed by atoms with E-state index in [1.54, 1.807) is 41.3 Å². The van der Waals surface area contributed by atoms with E-state index < -0.39 is 12.0 Å². The molecule has 1 fully saturated rings. The highest BCUT2D eigenvalue weighted by Crippen LogP contribution is 2.28. The van der Waals surface area contributed by atoms with Gasteiger partial charge in [0, 0.05) is 31.2 Å². The van der Waals surface area contributed by atoms with E-state index in [9.17, 15) is 14.4 Å². The summed E-state index contributed by atoms with van der Waals surface area (Å²) in [5.74, 6) is -0.796. The molecule has 1 aliphatic heterocycles. The topological polar surface area (TPSA) is 92.9 Å². The van der Waals surface area contributed by atoms with Gasteiger partial charge in [-0.3, -0.25) is 9.59 Å². The molecule has 1 heterocycles. The fourth-order valence-corrected chi connectivity index (χ4v) is 4.38. The number of benzene rings is 3. The Balaban J connectivity index is 1.48. The van der Waals surface area contributed by atoms with Gasteiger partial charge in [0.15, 0.2) is 0 Å². The molecule has 7 nitrogen and oxygen atoms in total. The van der Waals surface area contributed by atoms with Crippen molar-refractivity contribution in [1.82, 2.24) is 9.80 Å². The molecule has 0 atom stereocenters. The molecule has 0 saturated carbocycles. The lowest BCUT2D eigenvalue weighted by molar-refractivity contribution is 0.0759. The predicted molar refractivity (Wildman–Crippen MR) is 127 cm³/mol. The summed E-state index contributed by atoms with van der Waals surface area (Å²) in [7, 11) is 0. The molecule has 0 spiro atoms. The number of hydrogen-bond donors (Lipinski definition) is 1. The summed E-state index contributed by atoms with van der Waals surface area (Å²) in [5.41, 5.74) is 6.10. The van der Waals surface area contributed by atoms with Crippen LogP contribution in [0.25, 0.3) is 10.8 Å². The minimum Gasteiger partial charge on any atom is -0.409 e. The van der Waals surface area contributed by atoms with Crippen LogP contribution in [-0.2, 0) is 0 Å². The molecule has 0 radical (unpaired) electrons. The van der Waals surface area contributed by atoms with Crippen LogP contribution in [0.4, 0.5) is 4.79 Å². The predicted octanol–water partition coefficient (Wildman–Crippen LogP) is 4.59. The Morgan fingerprint density at radius 2 is 1.61 bits per heavy atom. The van der Waals surface area contributed by atoms with Gasteiger partial charge in [0.25, 0.3) is 11.8 Å². The Bertz CT molecular complexity index is 1250. The second-order valence-corrected chi connectivity index (χ2v) is 8.49. The van der Waals surface area contributed by atoms with Crippen LogP contribution < -0.4 is 10.5 Å². The quantitative estimate of drug-likeness (QED) is 0.586. The highest BCUT2D eigenvalue weighted by molar-refractivity contribution is 6.36. The SMILES string of the molecule is NC(=O)c1c(OC(=O)N2CCCN(C(=O)c3ccc(Cl)cc3Cl)CC2)ccc2ccccc12. The molecule has 9 heteroatoms. The Kier molecular flexibility index (Phi) is 6.72. The monoisotopic (exact) mass is 485 g/mol. The highest BCUT2D eigenvalue weighted by Gasteiger charge is 2.26. The molecular formula is C24H21Cl2N3O4. The molecule has 1 saturated heterocycles. The third kappa shape index (κ3) is 4.89. The maximum absolute atomic E-state index is 12.9. The summed E-state index contributed by atoms with van der Waals surface area (Å²) in [6.07, 6.45) is -0.0430. The number of carbonyl (C=O) groups is 3. The van der Waals surface area contributed by atoms with Crippen LogP contribution >= 0.6 is 23.2 Å². The van der Waals surface area contributed by atoms with Gasteiger partial charge >= 0.3 is 6.09 Å². The summed E-state index contributed by atoms with van der Waals surface area (Å²) in [4.78, 5) is 41.1. The van der Waals surface area contributed by atoms with Crippen molar-refractivity contribution in [3.8, 4) is 5.75 Å². The lowest BCUT2D eigenvalue weighted by Gasteiger charge is -2.22. The summed E-state index contributed by atoms with van der Waals surface area (Å²) in [6, 6.07) is 15.3. The van der Waals surface area contributed by atoms with Gasteiger partial charge in [0.2, 0.25) is 0 Å². The number of carbonyl (C=O) groups excluding carboxylic acids is 3. The number of primary amides is 1. The van der Waals surface area contributed by atoms with Gasteiger partial charge in [0.1, 0.15) is 5.75 Å². The van der Waals surface area contributed by atoms with Gasteiger partial charge in [-0.05, 0) is 41.5 Å². The van der Waals surface area contributed by atoms with E-state index in [1.807, 2.05) is 12.1 Å². The molecule has 1 aliphatic rings. The largest absolute Gasteiger partial charge is 0.415 e. The standard InChI is InChI=1S/C24H21Cl2N3O4/c25-16-7-8-18(19(26)14-16)23(31)28-10-3-11-29(13-12-28)24(32)33-20-9-6-15-4-1-2-5-17(15)21(20)22(27)30/h1-2,4-9,14H,3,10-13H2,(H2,27,30). The number of nitrogens with zero attached hydrogens (tertiary/aromatic N) is 2. The highest BCUT2D eigenvalue weighted by atomic mass is 35.5. The zero-order chi connectivity index (χ0) is 23.5. The third-order valence-corrected chi connectivity index (χ3v) is 6.09. The molecule has 4 rings (SSSR count). The second kappa shape index (κ2) is 9.68. The fourth-order valence-electron chi connectivity index (χ4n) is 3.89.